The molecule has 1 aromatic heterocycles. The standard InChI is InChI=1S/C37H33N5O3/c1-22-16-30-29(15-14-27-26-8-4-5-9-28(26)33(43)17-31(27)30)35(36(22)45)42-21-41(32-18-38-20-39-37(32)42)19-34(44)40-25-12-10-24(11-13-25)23-6-2-3-7-23/h4-5,8-18,20,22-23,35H,2-3,6-7,19,21H2,1H3,(H,40,44). The number of rotatable bonds is 5. The van der Waals surface area contributed by atoms with Crippen LogP contribution in [0.25, 0.3) is 23.3 Å². The van der Waals surface area contributed by atoms with Gasteiger partial charge in [0.2, 0.25) is 5.91 Å². The van der Waals surface area contributed by atoms with E-state index >= 15 is 0 Å². The summed E-state index contributed by atoms with van der Waals surface area (Å²) in [6, 6.07) is 19.2. The lowest BCUT2D eigenvalue weighted by atomic mass is 9.81. The van der Waals surface area contributed by atoms with E-state index in [-0.39, 0.29) is 29.9 Å². The fraction of sp³-hybridized carbons (Fsp3) is 0.270. The summed E-state index contributed by atoms with van der Waals surface area (Å²) in [5, 5.41) is 4.79. The Morgan fingerprint density at radius 3 is 2.51 bits per heavy atom. The molecule has 2 unspecified atom stereocenters. The van der Waals surface area contributed by atoms with Crippen LogP contribution in [0.1, 0.15) is 66.1 Å². The van der Waals surface area contributed by atoms with Gasteiger partial charge in [0.1, 0.15) is 18.1 Å². The summed E-state index contributed by atoms with van der Waals surface area (Å²) in [5.74, 6) is 0.714. The SMILES string of the molecule is CC1C=c2c(ccc3c2=CC(=O)c2ccccc2-3)C(N2CN(CC(=O)Nc3ccc(C4CCCC4)cc3)c3cncnc32)C1=O. The molecule has 4 aliphatic rings. The van der Waals surface area contributed by atoms with Gasteiger partial charge in [-0.05, 0) is 69.7 Å². The van der Waals surface area contributed by atoms with Gasteiger partial charge in [-0.3, -0.25) is 14.4 Å². The molecule has 0 radical (unpaired) electrons. The second-order valence-corrected chi connectivity index (χ2v) is 12.5. The minimum Gasteiger partial charge on any atom is -0.340 e. The van der Waals surface area contributed by atoms with Crippen LogP contribution in [0.4, 0.5) is 17.2 Å². The maximum Gasteiger partial charge on any atom is 0.243 e. The van der Waals surface area contributed by atoms with Gasteiger partial charge in [-0.2, -0.15) is 0 Å². The zero-order valence-electron chi connectivity index (χ0n) is 25.1. The number of fused-ring (bicyclic) bond motifs is 6. The Hall–Kier alpha value is -5.11. The van der Waals surface area contributed by atoms with E-state index in [1.807, 2.05) is 71.3 Å². The number of amides is 1. The summed E-state index contributed by atoms with van der Waals surface area (Å²) in [5.41, 5.74) is 6.21. The molecule has 0 spiro atoms. The molecule has 1 amide bonds. The number of ketones is 2. The molecule has 224 valence electrons. The molecule has 2 atom stereocenters. The lowest BCUT2D eigenvalue weighted by Gasteiger charge is -2.33. The molecule has 1 N–H and O–H groups in total. The van der Waals surface area contributed by atoms with Crippen LogP contribution in [0.15, 0.2) is 73.2 Å². The average Bonchev–Trinajstić information content (AvgIpc) is 3.72. The molecule has 8 rings (SSSR count). The van der Waals surface area contributed by atoms with Gasteiger partial charge in [0.25, 0.3) is 0 Å². The topological polar surface area (TPSA) is 95.5 Å². The molecule has 4 aromatic rings. The Bertz CT molecular complexity index is 2000. The van der Waals surface area contributed by atoms with Crippen LogP contribution in [0.2, 0.25) is 0 Å². The van der Waals surface area contributed by atoms with Crippen molar-refractivity contribution in [1.29, 1.82) is 0 Å². The van der Waals surface area contributed by atoms with Gasteiger partial charge in [0.05, 0.1) is 19.4 Å². The molecule has 8 heteroatoms. The third-order valence-corrected chi connectivity index (χ3v) is 9.78. The van der Waals surface area contributed by atoms with E-state index in [2.05, 4.69) is 27.4 Å². The summed E-state index contributed by atoms with van der Waals surface area (Å²) in [4.78, 5) is 53.0. The van der Waals surface area contributed by atoms with E-state index in [9.17, 15) is 14.4 Å². The van der Waals surface area contributed by atoms with E-state index in [0.29, 0.717) is 29.7 Å². The molecule has 1 aliphatic heterocycles. The molecule has 3 aromatic carbocycles. The molecule has 1 fully saturated rings. The molecular formula is C37H33N5O3. The zero-order chi connectivity index (χ0) is 30.7. The molecular weight excluding hydrogens is 562 g/mol. The van der Waals surface area contributed by atoms with Crippen LogP contribution in [0, 0.1) is 5.92 Å². The van der Waals surface area contributed by atoms with Crippen molar-refractivity contribution < 1.29 is 14.4 Å². The predicted octanol–water partition coefficient (Wildman–Crippen LogP) is 4.74. The second-order valence-electron chi connectivity index (χ2n) is 12.5. The normalized spacial score (nSPS) is 20.1. The third kappa shape index (κ3) is 4.63. The zero-order valence-corrected chi connectivity index (χ0v) is 25.1. The number of carbonyl (C=O) groups is 3. The largest absolute Gasteiger partial charge is 0.340 e. The number of aromatic nitrogens is 2. The van der Waals surface area contributed by atoms with Crippen molar-refractivity contribution in [2.75, 3.05) is 28.3 Å². The predicted molar refractivity (Wildman–Crippen MR) is 174 cm³/mol. The molecule has 2 heterocycles. The monoisotopic (exact) mass is 595 g/mol. The van der Waals surface area contributed by atoms with Crippen molar-refractivity contribution in [1.82, 2.24) is 9.97 Å². The lowest BCUT2D eigenvalue weighted by molar-refractivity contribution is -0.122. The first kappa shape index (κ1) is 27.4. The van der Waals surface area contributed by atoms with Gasteiger partial charge in [-0.15, -0.1) is 0 Å². The van der Waals surface area contributed by atoms with Gasteiger partial charge in [-0.1, -0.05) is 74.4 Å². The van der Waals surface area contributed by atoms with Crippen molar-refractivity contribution in [2.45, 2.75) is 44.6 Å². The van der Waals surface area contributed by atoms with Crippen LogP contribution in [-0.4, -0.2) is 40.7 Å². The Morgan fingerprint density at radius 1 is 0.933 bits per heavy atom. The summed E-state index contributed by atoms with van der Waals surface area (Å²) < 4.78 is 0. The number of anilines is 3. The fourth-order valence-corrected chi connectivity index (χ4v) is 7.56. The van der Waals surface area contributed by atoms with Crippen molar-refractivity contribution >= 4 is 46.8 Å². The Kier molecular flexibility index (Phi) is 6.59. The quantitative estimate of drug-likeness (QED) is 0.356. The smallest absolute Gasteiger partial charge is 0.243 e. The minimum atomic E-state index is -0.629. The van der Waals surface area contributed by atoms with Gasteiger partial charge >= 0.3 is 0 Å². The highest BCUT2D eigenvalue weighted by Crippen LogP contribution is 2.40. The van der Waals surface area contributed by atoms with Gasteiger partial charge in [0.15, 0.2) is 17.4 Å². The van der Waals surface area contributed by atoms with Gasteiger partial charge in [0, 0.05) is 17.2 Å². The first-order chi connectivity index (χ1) is 22.0. The highest BCUT2D eigenvalue weighted by atomic mass is 16.2. The van der Waals surface area contributed by atoms with Crippen molar-refractivity contribution in [3.05, 3.63) is 100 Å². The summed E-state index contributed by atoms with van der Waals surface area (Å²) in [6.45, 7) is 2.28. The summed E-state index contributed by atoms with van der Waals surface area (Å²) in [7, 11) is 0. The van der Waals surface area contributed by atoms with Crippen LogP contribution < -0.4 is 25.6 Å². The number of benzene rings is 3. The number of carbonyl (C=O) groups excluding carboxylic acids is 3. The lowest BCUT2D eigenvalue weighted by Crippen LogP contribution is -2.48. The molecule has 45 heavy (non-hydrogen) atoms. The van der Waals surface area contributed by atoms with Crippen LogP contribution in [0.5, 0.6) is 0 Å². The maximum atomic E-state index is 13.9. The highest BCUT2D eigenvalue weighted by molar-refractivity contribution is 6.22. The number of hydrogen-bond acceptors (Lipinski definition) is 7. The average molecular weight is 596 g/mol. The number of nitrogens with zero attached hydrogens (tertiary/aromatic N) is 4. The Balaban J connectivity index is 1.09. The third-order valence-electron chi connectivity index (χ3n) is 9.78. The minimum absolute atomic E-state index is 0.0365. The van der Waals surface area contributed by atoms with Crippen LogP contribution >= 0.6 is 0 Å². The molecule has 3 aliphatic carbocycles. The van der Waals surface area contributed by atoms with Crippen molar-refractivity contribution in [3.8, 4) is 11.1 Å². The Morgan fingerprint density at radius 2 is 1.71 bits per heavy atom. The van der Waals surface area contributed by atoms with Gasteiger partial charge in [-0.25, -0.2) is 9.97 Å². The fourth-order valence-electron chi connectivity index (χ4n) is 7.56. The number of nitrogens with one attached hydrogen (secondary N) is 1. The van der Waals surface area contributed by atoms with Gasteiger partial charge < -0.3 is 15.1 Å². The van der Waals surface area contributed by atoms with Crippen LogP contribution in [0.3, 0.4) is 0 Å². The second kappa shape index (κ2) is 10.8. The van der Waals surface area contributed by atoms with E-state index in [4.69, 9.17) is 0 Å². The van der Waals surface area contributed by atoms with Crippen molar-refractivity contribution in [2.24, 2.45) is 5.92 Å². The molecule has 8 nitrogen and oxygen atoms in total. The Labute approximate surface area is 261 Å². The van der Waals surface area contributed by atoms with E-state index in [1.54, 1.807) is 12.3 Å². The molecule has 1 saturated carbocycles. The van der Waals surface area contributed by atoms with Crippen LogP contribution in [-0.2, 0) is 9.59 Å². The first-order valence-corrected chi connectivity index (χ1v) is 15.7. The highest BCUT2D eigenvalue weighted by Gasteiger charge is 2.41. The first-order valence-electron chi connectivity index (χ1n) is 15.7. The summed E-state index contributed by atoms with van der Waals surface area (Å²) in [6.07, 6.45) is 11.9. The van der Waals surface area contributed by atoms with E-state index < -0.39 is 6.04 Å². The molecule has 0 bridgehead atoms. The van der Waals surface area contributed by atoms with Crippen molar-refractivity contribution in [3.63, 3.8) is 0 Å². The van der Waals surface area contributed by atoms with E-state index in [0.717, 1.165) is 32.8 Å². The number of Topliss-reactive ketones (excluding diaryl/α,β-unsaturated/α-hetero) is 2. The molecule has 0 saturated heterocycles. The number of hydrogen-bond donors (Lipinski definition) is 1. The maximum absolute atomic E-state index is 13.9. The van der Waals surface area contributed by atoms with E-state index in [1.165, 1.54) is 37.6 Å². The summed E-state index contributed by atoms with van der Waals surface area (Å²) >= 11 is 0.